The van der Waals surface area contributed by atoms with Crippen molar-refractivity contribution in [3.05, 3.63) is 63.6 Å². The van der Waals surface area contributed by atoms with Gasteiger partial charge in [-0.2, -0.15) is 0 Å². The van der Waals surface area contributed by atoms with Crippen LogP contribution in [-0.4, -0.2) is 44.2 Å². The molecule has 1 aliphatic heterocycles. The Balaban J connectivity index is 1.68. The minimum atomic E-state index is 0.0418. The first-order valence-electron chi connectivity index (χ1n) is 8.63. The van der Waals surface area contributed by atoms with Crippen molar-refractivity contribution in [3.8, 4) is 0 Å². The molecule has 0 saturated carbocycles. The molecule has 0 aliphatic carbocycles. The van der Waals surface area contributed by atoms with Crippen LogP contribution in [0.25, 0.3) is 0 Å². The molecule has 4 nitrogen and oxygen atoms in total. The number of hydrogen-bond donors (Lipinski definition) is 0. The van der Waals surface area contributed by atoms with Crippen LogP contribution in [0.4, 0.5) is 5.69 Å². The van der Waals surface area contributed by atoms with Gasteiger partial charge in [0.05, 0.1) is 29.7 Å². The van der Waals surface area contributed by atoms with Gasteiger partial charge in [-0.15, -0.1) is 0 Å². The topological polar surface area (TPSA) is 32.8 Å². The third kappa shape index (κ3) is 4.70. The van der Waals surface area contributed by atoms with Gasteiger partial charge in [0.15, 0.2) is 0 Å². The summed E-state index contributed by atoms with van der Waals surface area (Å²) in [6.07, 6.45) is 0.299. The van der Waals surface area contributed by atoms with E-state index in [0.717, 1.165) is 37.4 Å². The summed E-state index contributed by atoms with van der Waals surface area (Å²) in [7, 11) is 1.83. The zero-order chi connectivity index (χ0) is 18.5. The number of halogens is 2. The first-order valence-corrected chi connectivity index (χ1v) is 9.38. The molecule has 0 aromatic heterocycles. The number of amides is 1. The Hall–Kier alpha value is -1.75. The number of nitrogens with zero attached hydrogens (tertiary/aromatic N) is 2. The summed E-state index contributed by atoms with van der Waals surface area (Å²) in [6, 6.07) is 13.5. The molecule has 0 radical (unpaired) electrons. The highest BCUT2D eigenvalue weighted by Crippen LogP contribution is 2.24. The fourth-order valence-corrected chi connectivity index (χ4v) is 3.38. The maximum atomic E-state index is 12.6. The Morgan fingerprint density at radius 3 is 2.58 bits per heavy atom. The van der Waals surface area contributed by atoms with E-state index >= 15 is 0 Å². The average Bonchev–Trinajstić information content (AvgIpc) is 2.66. The van der Waals surface area contributed by atoms with Gasteiger partial charge in [-0.05, 0) is 29.3 Å². The van der Waals surface area contributed by atoms with Crippen molar-refractivity contribution in [2.75, 3.05) is 38.3 Å². The van der Waals surface area contributed by atoms with E-state index in [4.69, 9.17) is 27.9 Å². The number of para-hydroxylation sites is 1. The summed E-state index contributed by atoms with van der Waals surface area (Å²) in [5.41, 5.74) is 3.17. The molecule has 2 aromatic carbocycles. The molecule has 1 aliphatic rings. The molecule has 2 aromatic rings. The number of carbonyl (C=O) groups excluding carboxylic acids is 1. The molecule has 26 heavy (non-hydrogen) atoms. The molecule has 1 fully saturated rings. The van der Waals surface area contributed by atoms with Crippen LogP contribution in [0.3, 0.4) is 0 Å². The highest BCUT2D eigenvalue weighted by molar-refractivity contribution is 6.42. The minimum absolute atomic E-state index is 0.0418. The van der Waals surface area contributed by atoms with E-state index in [9.17, 15) is 4.79 Å². The van der Waals surface area contributed by atoms with Crippen LogP contribution in [0.15, 0.2) is 42.5 Å². The van der Waals surface area contributed by atoms with Crippen LogP contribution in [-0.2, 0) is 22.5 Å². The van der Waals surface area contributed by atoms with E-state index in [-0.39, 0.29) is 5.91 Å². The van der Waals surface area contributed by atoms with Crippen LogP contribution in [0.1, 0.15) is 11.1 Å². The molecular weight excluding hydrogens is 371 g/mol. The van der Waals surface area contributed by atoms with Crippen molar-refractivity contribution in [2.24, 2.45) is 0 Å². The number of benzene rings is 2. The normalized spacial score (nSPS) is 14.3. The third-order valence-corrected chi connectivity index (χ3v) is 5.26. The highest BCUT2D eigenvalue weighted by atomic mass is 35.5. The molecule has 0 spiro atoms. The monoisotopic (exact) mass is 392 g/mol. The van der Waals surface area contributed by atoms with E-state index in [1.54, 1.807) is 17.0 Å². The van der Waals surface area contributed by atoms with Crippen molar-refractivity contribution in [2.45, 2.75) is 13.0 Å². The van der Waals surface area contributed by atoms with Crippen molar-refractivity contribution >= 4 is 34.8 Å². The molecule has 0 unspecified atom stereocenters. The molecule has 0 atom stereocenters. The lowest BCUT2D eigenvalue weighted by Crippen LogP contribution is -2.37. The van der Waals surface area contributed by atoms with Gasteiger partial charge in [-0.1, -0.05) is 47.5 Å². The Bertz CT molecular complexity index is 776. The number of morpholine rings is 1. The Labute approximate surface area is 164 Å². The minimum Gasteiger partial charge on any atom is -0.378 e. The van der Waals surface area contributed by atoms with E-state index in [0.29, 0.717) is 23.0 Å². The second-order valence-electron chi connectivity index (χ2n) is 6.40. The molecule has 1 heterocycles. The van der Waals surface area contributed by atoms with Gasteiger partial charge in [0.2, 0.25) is 5.91 Å². The SMILES string of the molecule is CN(Cc1ccccc1N1CCOCC1)C(=O)Cc1ccc(Cl)c(Cl)c1. The maximum Gasteiger partial charge on any atom is 0.227 e. The van der Waals surface area contributed by atoms with E-state index in [1.165, 1.54) is 5.69 Å². The van der Waals surface area contributed by atoms with Crippen molar-refractivity contribution in [1.29, 1.82) is 0 Å². The summed E-state index contributed by atoms with van der Waals surface area (Å²) in [5.74, 6) is 0.0418. The lowest BCUT2D eigenvalue weighted by molar-refractivity contribution is -0.129. The van der Waals surface area contributed by atoms with Crippen LogP contribution in [0.5, 0.6) is 0 Å². The zero-order valence-corrected chi connectivity index (χ0v) is 16.3. The molecule has 0 N–H and O–H groups in total. The van der Waals surface area contributed by atoms with Gasteiger partial charge >= 0.3 is 0 Å². The van der Waals surface area contributed by atoms with Gasteiger partial charge in [-0.3, -0.25) is 4.79 Å². The van der Waals surface area contributed by atoms with Crippen LogP contribution < -0.4 is 4.90 Å². The number of anilines is 1. The fourth-order valence-electron chi connectivity index (χ4n) is 3.06. The van der Waals surface area contributed by atoms with Crippen LogP contribution >= 0.6 is 23.2 Å². The van der Waals surface area contributed by atoms with Crippen molar-refractivity contribution in [1.82, 2.24) is 4.90 Å². The van der Waals surface area contributed by atoms with Gasteiger partial charge in [-0.25, -0.2) is 0 Å². The van der Waals surface area contributed by atoms with E-state index in [1.807, 2.05) is 25.2 Å². The number of ether oxygens (including phenoxy) is 1. The second-order valence-corrected chi connectivity index (χ2v) is 7.22. The Morgan fingerprint density at radius 1 is 1.12 bits per heavy atom. The van der Waals surface area contributed by atoms with Crippen molar-refractivity contribution in [3.63, 3.8) is 0 Å². The lowest BCUT2D eigenvalue weighted by Gasteiger charge is -2.31. The second kappa shape index (κ2) is 8.76. The van der Waals surface area contributed by atoms with E-state index in [2.05, 4.69) is 17.0 Å². The first kappa shape index (κ1) is 19.0. The molecule has 6 heteroatoms. The highest BCUT2D eigenvalue weighted by Gasteiger charge is 2.17. The van der Waals surface area contributed by atoms with Crippen LogP contribution in [0, 0.1) is 0 Å². The van der Waals surface area contributed by atoms with Gasteiger partial charge < -0.3 is 14.5 Å². The molecule has 138 valence electrons. The predicted octanol–water partition coefficient (Wildman–Crippen LogP) is 4.03. The molecule has 1 amide bonds. The Kier molecular flexibility index (Phi) is 6.41. The number of carbonyl (C=O) groups is 1. The van der Waals surface area contributed by atoms with Gasteiger partial charge in [0, 0.05) is 32.4 Å². The number of likely N-dealkylation sites (N-methyl/N-ethyl adjacent to an activating group) is 1. The smallest absolute Gasteiger partial charge is 0.227 e. The summed E-state index contributed by atoms with van der Waals surface area (Å²) in [5, 5.41) is 0.966. The van der Waals surface area contributed by atoms with Gasteiger partial charge in [0.25, 0.3) is 0 Å². The Morgan fingerprint density at radius 2 is 1.85 bits per heavy atom. The largest absolute Gasteiger partial charge is 0.378 e. The third-order valence-electron chi connectivity index (χ3n) is 4.52. The molecule has 1 saturated heterocycles. The summed E-state index contributed by atoms with van der Waals surface area (Å²) in [4.78, 5) is 16.7. The fraction of sp³-hybridized carbons (Fsp3) is 0.350. The zero-order valence-electron chi connectivity index (χ0n) is 14.8. The van der Waals surface area contributed by atoms with E-state index < -0.39 is 0 Å². The first-order chi connectivity index (χ1) is 12.5. The molecule has 0 bridgehead atoms. The summed E-state index contributed by atoms with van der Waals surface area (Å²) < 4.78 is 5.44. The molecule has 3 rings (SSSR count). The van der Waals surface area contributed by atoms with Gasteiger partial charge in [0.1, 0.15) is 0 Å². The van der Waals surface area contributed by atoms with Crippen molar-refractivity contribution < 1.29 is 9.53 Å². The van der Waals surface area contributed by atoms with Crippen LogP contribution in [0.2, 0.25) is 10.0 Å². The lowest BCUT2D eigenvalue weighted by atomic mass is 10.1. The molecular formula is C20H22Cl2N2O2. The maximum absolute atomic E-state index is 12.6. The summed E-state index contributed by atoms with van der Waals surface area (Å²) in [6.45, 7) is 3.78. The number of rotatable bonds is 5. The average molecular weight is 393 g/mol. The summed E-state index contributed by atoms with van der Waals surface area (Å²) >= 11 is 12.0. The quantitative estimate of drug-likeness (QED) is 0.769. The predicted molar refractivity (Wildman–Crippen MR) is 106 cm³/mol. The number of hydrogen-bond acceptors (Lipinski definition) is 3. The standard InChI is InChI=1S/C20H22Cl2N2O2/c1-23(20(25)13-15-6-7-17(21)18(22)12-15)14-16-4-2-3-5-19(16)24-8-10-26-11-9-24/h2-7,12H,8-11,13-14H2,1H3.